The second-order valence-electron chi connectivity index (χ2n) is 7.70. The van der Waals surface area contributed by atoms with Crippen molar-refractivity contribution in [3.63, 3.8) is 0 Å². The van der Waals surface area contributed by atoms with E-state index in [9.17, 15) is 24.5 Å². The van der Waals surface area contributed by atoms with E-state index in [1.54, 1.807) is 50.2 Å². The molecule has 2 atom stereocenters. The third kappa shape index (κ3) is 5.21. The molecule has 0 bridgehead atoms. The lowest BCUT2D eigenvalue weighted by atomic mass is 9.80. The highest BCUT2D eigenvalue weighted by molar-refractivity contribution is 6.00. The van der Waals surface area contributed by atoms with Gasteiger partial charge in [0, 0.05) is 29.1 Å². The number of carbonyl (C=O) groups is 3. The van der Waals surface area contributed by atoms with E-state index in [1.807, 2.05) is 0 Å². The second-order valence-corrected chi connectivity index (χ2v) is 7.70. The average Bonchev–Trinajstić information content (AvgIpc) is 2.86. The molecule has 1 heterocycles. The molecule has 2 unspecified atom stereocenters. The number of methoxy groups -OCH3 is 2. The van der Waals surface area contributed by atoms with Crippen molar-refractivity contribution in [1.29, 1.82) is 0 Å². The van der Waals surface area contributed by atoms with Crippen molar-refractivity contribution < 1.29 is 33.5 Å². The lowest BCUT2D eigenvalue weighted by Gasteiger charge is -2.30. The van der Waals surface area contributed by atoms with E-state index in [0.717, 1.165) is 0 Å². The molecule has 0 saturated carbocycles. The summed E-state index contributed by atoms with van der Waals surface area (Å²) < 4.78 is 15.4. The summed E-state index contributed by atoms with van der Waals surface area (Å²) in [5.74, 6) is -3.47. The molecule has 35 heavy (non-hydrogen) atoms. The van der Waals surface area contributed by atoms with Crippen molar-refractivity contribution in [2.45, 2.75) is 25.9 Å². The third-order valence-corrected chi connectivity index (χ3v) is 5.54. The quantitative estimate of drug-likeness (QED) is 0.274. The van der Waals surface area contributed by atoms with Crippen LogP contribution in [-0.4, -0.2) is 37.1 Å². The van der Waals surface area contributed by atoms with E-state index < -0.39 is 34.9 Å². The minimum atomic E-state index is -1.37. The van der Waals surface area contributed by atoms with Crippen LogP contribution in [-0.2, 0) is 28.6 Å². The van der Waals surface area contributed by atoms with Gasteiger partial charge in [-0.1, -0.05) is 42.5 Å². The molecule has 2 aromatic rings. The van der Waals surface area contributed by atoms with Gasteiger partial charge in [-0.3, -0.25) is 10.1 Å². The van der Waals surface area contributed by atoms with Gasteiger partial charge in [-0.05, 0) is 19.4 Å². The monoisotopic (exact) mass is 480 g/mol. The second kappa shape index (κ2) is 10.6. The highest BCUT2D eigenvalue weighted by atomic mass is 16.6. The summed E-state index contributed by atoms with van der Waals surface area (Å²) in [6.45, 7) is 3.23. The predicted molar refractivity (Wildman–Crippen MR) is 124 cm³/mol. The fraction of sp³-hybridized carbons (Fsp3) is 0.240. The molecule has 3 rings (SSSR count). The normalized spacial score (nSPS) is 16.2. The van der Waals surface area contributed by atoms with Crippen LogP contribution in [0.4, 0.5) is 5.69 Å². The topological polar surface area (TPSA) is 134 Å². The number of carbonyl (C=O) groups excluding carboxylic acids is 3. The number of rotatable bonds is 7. The molecule has 0 amide bonds. The Morgan fingerprint density at radius 1 is 0.914 bits per heavy atom. The number of non-ortho nitro benzene ring substituents is 1. The first kappa shape index (κ1) is 25.2. The zero-order valence-electron chi connectivity index (χ0n) is 19.6. The largest absolute Gasteiger partial charge is 0.466 e. The lowest BCUT2D eigenvalue weighted by molar-refractivity contribution is -0.384. The van der Waals surface area contributed by atoms with Gasteiger partial charge >= 0.3 is 17.9 Å². The fourth-order valence-corrected chi connectivity index (χ4v) is 3.95. The SMILES string of the molecule is COC(=O)C1=C(C)NC(C)=C(C(=O)OC(C(=O)OC)c2ccccc2)C1c1cccc([N+](=O)[O-])c1. The summed E-state index contributed by atoms with van der Waals surface area (Å²) in [4.78, 5) is 49.6. The smallest absolute Gasteiger partial charge is 0.351 e. The van der Waals surface area contributed by atoms with Gasteiger partial charge in [0.1, 0.15) is 0 Å². The number of nitrogens with one attached hydrogen (secondary N) is 1. The van der Waals surface area contributed by atoms with Crippen LogP contribution < -0.4 is 5.32 Å². The Bertz CT molecular complexity index is 1230. The zero-order chi connectivity index (χ0) is 25.7. The van der Waals surface area contributed by atoms with Crippen LogP contribution in [0.5, 0.6) is 0 Å². The molecule has 0 spiro atoms. The maximum Gasteiger partial charge on any atom is 0.351 e. The Labute approximate surface area is 201 Å². The Hall–Kier alpha value is -4.47. The Morgan fingerprint density at radius 3 is 2.11 bits per heavy atom. The first-order valence-electron chi connectivity index (χ1n) is 10.5. The number of hydrogen-bond donors (Lipinski definition) is 1. The van der Waals surface area contributed by atoms with Gasteiger partial charge < -0.3 is 19.5 Å². The number of ether oxygens (including phenoxy) is 3. The number of allylic oxidation sites excluding steroid dienone is 2. The van der Waals surface area contributed by atoms with E-state index >= 15 is 0 Å². The summed E-state index contributed by atoms with van der Waals surface area (Å²) in [6.07, 6.45) is -1.37. The van der Waals surface area contributed by atoms with Crippen LogP contribution in [0.15, 0.2) is 77.1 Å². The molecule has 10 heteroatoms. The molecule has 1 aliphatic rings. The van der Waals surface area contributed by atoms with Crippen LogP contribution in [0.25, 0.3) is 0 Å². The van der Waals surface area contributed by atoms with Crippen LogP contribution in [0.1, 0.15) is 37.0 Å². The maximum atomic E-state index is 13.5. The third-order valence-electron chi connectivity index (χ3n) is 5.54. The van der Waals surface area contributed by atoms with E-state index in [4.69, 9.17) is 14.2 Å². The van der Waals surface area contributed by atoms with Gasteiger partial charge in [-0.25, -0.2) is 14.4 Å². The van der Waals surface area contributed by atoms with Crippen molar-refractivity contribution in [1.82, 2.24) is 5.32 Å². The molecule has 0 radical (unpaired) electrons. The van der Waals surface area contributed by atoms with Crippen molar-refractivity contribution in [2.24, 2.45) is 0 Å². The highest BCUT2D eigenvalue weighted by Gasteiger charge is 2.40. The summed E-state index contributed by atoms with van der Waals surface area (Å²) in [6, 6.07) is 13.9. The zero-order valence-corrected chi connectivity index (χ0v) is 19.6. The molecule has 10 nitrogen and oxygen atoms in total. The fourth-order valence-electron chi connectivity index (χ4n) is 3.95. The summed E-state index contributed by atoms with van der Waals surface area (Å²) in [7, 11) is 2.37. The molecular weight excluding hydrogens is 456 g/mol. The van der Waals surface area contributed by atoms with Gasteiger partial charge in [0.2, 0.25) is 6.10 Å². The number of esters is 3. The van der Waals surface area contributed by atoms with Crippen LogP contribution in [0, 0.1) is 10.1 Å². The molecule has 0 fully saturated rings. The van der Waals surface area contributed by atoms with Crippen molar-refractivity contribution >= 4 is 23.6 Å². The van der Waals surface area contributed by atoms with E-state index in [0.29, 0.717) is 22.5 Å². The number of dihydropyridines is 1. The van der Waals surface area contributed by atoms with Crippen LogP contribution >= 0.6 is 0 Å². The van der Waals surface area contributed by atoms with Gasteiger partial charge in [-0.2, -0.15) is 0 Å². The van der Waals surface area contributed by atoms with E-state index in [2.05, 4.69) is 5.32 Å². The molecule has 1 N–H and O–H groups in total. The first-order chi connectivity index (χ1) is 16.7. The molecule has 2 aromatic carbocycles. The van der Waals surface area contributed by atoms with Gasteiger partial charge in [0.05, 0.1) is 36.2 Å². The predicted octanol–water partition coefficient (Wildman–Crippen LogP) is 3.46. The Balaban J connectivity index is 2.13. The molecule has 0 aromatic heterocycles. The standard InChI is InChI=1S/C25H24N2O8/c1-14-19(23(28)33-3)21(17-11-8-12-18(13-17)27(31)32)20(15(2)26-14)24(29)35-22(25(30)34-4)16-9-6-5-7-10-16/h5-13,21-22,26H,1-4H3. The average molecular weight is 480 g/mol. The van der Waals surface area contributed by atoms with Gasteiger partial charge in [0.25, 0.3) is 5.69 Å². The van der Waals surface area contributed by atoms with Crippen LogP contribution in [0.2, 0.25) is 0 Å². The Kier molecular flexibility index (Phi) is 7.65. The summed E-state index contributed by atoms with van der Waals surface area (Å²) >= 11 is 0. The van der Waals surface area contributed by atoms with E-state index in [-0.39, 0.29) is 16.8 Å². The number of nitro groups is 1. The molecule has 0 aliphatic carbocycles. The van der Waals surface area contributed by atoms with Crippen molar-refractivity contribution in [2.75, 3.05) is 14.2 Å². The lowest BCUT2D eigenvalue weighted by Crippen LogP contribution is -2.33. The summed E-state index contributed by atoms with van der Waals surface area (Å²) in [5.41, 5.74) is 1.33. The van der Waals surface area contributed by atoms with E-state index in [1.165, 1.54) is 32.4 Å². The number of nitro benzene ring substituents is 1. The van der Waals surface area contributed by atoms with Gasteiger partial charge in [-0.15, -0.1) is 0 Å². The minimum absolute atomic E-state index is 0.00123. The molecule has 1 aliphatic heterocycles. The van der Waals surface area contributed by atoms with Crippen LogP contribution in [0.3, 0.4) is 0 Å². The first-order valence-corrected chi connectivity index (χ1v) is 10.5. The minimum Gasteiger partial charge on any atom is -0.466 e. The van der Waals surface area contributed by atoms with Crippen molar-refractivity contribution in [3.05, 3.63) is 98.4 Å². The van der Waals surface area contributed by atoms with Crippen molar-refractivity contribution in [3.8, 4) is 0 Å². The molecule has 0 saturated heterocycles. The number of hydrogen-bond acceptors (Lipinski definition) is 9. The number of nitrogens with zero attached hydrogens (tertiary/aromatic N) is 1. The highest BCUT2D eigenvalue weighted by Crippen LogP contribution is 2.40. The van der Waals surface area contributed by atoms with Gasteiger partial charge in [0.15, 0.2) is 0 Å². The molecular formula is C25H24N2O8. The number of benzene rings is 2. The Morgan fingerprint density at radius 2 is 1.54 bits per heavy atom. The summed E-state index contributed by atoms with van der Waals surface area (Å²) in [5, 5.41) is 14.4. The maximum absolute atomic E-state index is 13.5. The molecule has 182 valence electrons.